The van der Waals surface area contributed by atoms with Crippen molar-refractivity contribution in [2.45, 2.75) is 116 Å². The number of rotatable bonds is 20. The van der Waals surface area contributed by atoms with Gasteiger partial charge >= 0.3 is 0 Å². The summed E-state index contributed by atoms with van der Waals surface area (Å²) in [6, 6.07) is 0. The Kier molecular flexibility index (Phi) is 20.1. The van der Waals surface area contributed by atoms with Gasteiger partial charge in [-0.1, -0.05) is 103 Å². The molecule has 1 atom stereocenters. The third-order valence-corrected chi connectivity index (χ3v) is 5.01. The van der Waals surface area contributed by atoms with Crippen molar-refractivity contribution in [3.63, 3.8) is 0 Å². The third-order valence-electron chi connectivity index (χ3n) is 5.01. The molecule has 25 heavy (non-hydrogen) atoms. The van der Waals surface area contributed by atoms with E-state index in [2.05, 4.69) is 6.92 Å². The number of aliphatic hydroxyl groups excluding tert-OH is 1. The molecule has 0 amide bonds. The second-order valence-corrected chi connectivity index (χ2v) is 7.82. The Bertz CT molecular complexity index is 246. The zero-order valence-corrected chi connectivity index (χ0v) is 17.6. The van der Waals surface area contributed by atoms with E-state index in [9.17, 15) is 5.11 Å². The van der Waals surface area contributed by atoms with Crippen molar-refractivity contribution in [3.8, 4) is 0 Å². The molecule has 1 unspecified atom stereocenters. The van der Waals surface area contributed by atoms with Crippen LogP contribution in [0.5, 0.6) is 0 Å². The Morgan fingerprint density at radius 3 is 1.36 bits per heavy atom. The van der Waals surface area contributed by atoms with Gasteiger partial charge in [-0.25, -0.2) is 0 Å². The summed E-state index contributed by atoms with van der Waals surface area (Å²) < 4.78 is 5.48. The molecule has 0 fully saturated rings. The number of nitrogens with zero attached hydrogens (tertiary/aromatic N) is 1. The van der Waals surface area contributed by atoms with Crippen LogP contribution < -0.4 is 0 Å². The Hall–Kier alpha value is -0.120. The van der Waals surface area contributed by atoms with E-state index in [-0.39, 0.29) is 0 Å². The van der Waals surface area contributed by atoms with Crippen LogP contribution in [0, 0.1) is 0 Å². The van der Waals surface area contributed by atoms with E-state index in [0.717, 1.165) is 13.0 Å². The Morgan fingerprint density at radius 1 is 0.640 bits per heavy atom. The highest BCUT2D eigenvalue weighted by Gasteiger charge is 2.05. The van der Waals surface area contributed by atoms with Crippen LogP contribution in [0.3, 0.4) is 0 Å². The summed E-state index contributed by atoms with van der Waals surface area (Å²) >= 11 is 0. The van der Waals surface area contributed by atoms with Gasteiger partial charge in [-0.3, -0.25) is 4.90 Å². The first kappa shape index (κ1) is 24.9. The summed E-state index contributed by atoms with van der Waals surface area (Å²) in [6.45, 7) is 3.49. The van der Waals surface area contributed by atoms with E-state index in [0.29, 0.717) is 6.61 Å². The van der Waals surface area contributed by atoms with Gasteiger partial charge < -0.3 is 9.84 Å². The lowest BCUT2D eigenvalue weighted by atomic mass is 10.0. The zero-order valence-electron chi connectivity index (χ0n) is 17.6. The fourth-order valence-electron chi connectivity index (χ4n) is 3.09. The first-order valence-corrected chi connectivity index (χ1v) is 11.1. The molecule has 3 nitrogen and oxygen atoms in total. The number of unbranched alkanes of at least 4 members (excludes halogenated alkanes) is 15. The molecule has 0 aromatic carbocycles. The monoisotopic (exact) mass is 357 g/mol. The molecule has 0 spiro atoms. The molecule has 0 radical (unpaired) electrons. The first-order valence-electron chi connectivity index (χ1n) is 11.1. The fraction of sp³-hybridized carbons (Fsp3) is 1.00. The second kappa shape index (κ2) is 20.2. The molecule has 3 heteroatoms. The van der Waals surface area contributed by atoms with Crippen LogP contribution in [-0.2, 0) is 4.74 Å². The number of aliphatic hydroxyl groups is 1. The quantitative estimate of drug-likeness (QED) is 0.210. The Balaban J connectivity index is 3.03. The van der Waals surface area contributed by atoms with Gasteiger partial charge in [0.25, 0.3) is 0 Å². The molecule has 0 aromatic rings. The average molecular weight is 358 g/mol. The van der Waals surface area contributed by atoms with Gasteiger partial charge in [0, 0.05) is 6.61 Å². The lowest BCUT2D eigenvalue weighted by Crippen LogP contribution is -2.32. The van der Waals surface area contributed by atoms with Gasteiger partial charge in [-0.05, 0) is 20.5 Å². The molecule has 0 bridgehead atoms. The maximum absolute atomic E-state index is 9.56. The van der Waals surface area contributed by atoms with Crippen molar-refractivity contribution in [1.82, 2.24) is 4.90 Å². The summed E-state index contributed by atoms with van der Waals surface area (Å²) in [5, 5.41) is 9.56. The molecule has 0 aliphatic rings. The minimum Gasteiger partial charge on any atom is -0.377 e. The van der Waals surface area contributed by atoms with Crippen LogP contribution in [-0.4, -0.2) is 43.5 Å². The number of hydrogen-bond acceptors (Lipinski definition) is 3. The minimum atomic E-state index is -0.471. The standard InChI is InChI=1S/C22H47NO2/c1-4-5-6-7-8-9-10-11-12-13-14-15-16-17-18-19-20-25-21-22(24)23(2)3/h22,24H,4-21H2,1-3H3. The Morgan fingerprint density at radius 2 is 1.00 bits per heavy atom. The number of hydrogen-bond donors (Lipinski definition) is 1. The smallest absolute Gasteiger partial charge is 0.130 e. The molecule has 0 rings (SSSR count). The first-order chi connectivity index (χ1) is 12.2. The van der Waals surface area contributed by atoms with E-state index in [1.54, 1.807) is 4.90 Å². The van der Waals surface area contributed by atoms with Crippen molar-refractivity contribution >= 4 is 0 Å². The zero-order chi connectivity index (χ0) is 18.6. The highest BCUT2D eigenvalue weighted by atomic mass is 16.5. The predicted molar refractivity (Wildman–Crippen MR) is 110 cm³/mol. The molecule has 0 heterocycles. The highest BCUT2D eigenvalue weighted by Crippen LogP contribution is 2.13. The largest absolute Gasteiger partial charge is 0.377 e. The van der Waals surface area contributed by atoms with Crippen molar-refractivity contribution in [2.75, 3.05) is 27.3 Å². The van der Waals surface area contributed by atoms with Gasteiger partial charge in [0.15, 0.2) is 0 Å². The third kappa shape index (κ3) is 20.0. The molecule has 1 N–H and O–H groups in total. The lowest BCUT2D eigenvalue weighted by molar-refractivity contribution is -0.0371. The van der Waals surface area contributed by atoms with Gasteiger partial charge in [-0.15, -0.1) is 0 Å². The van der Waals surface area contributed by atoms with Crippen LogP contribution in [0.1, 0.15) is 110 Å². The van der Waals surface area contributed by atoms with E-state index < -0.39 is 6.23 Å². The summed E-state index contributed by atoms with van der Waals surface area (Å²) in [7, 11) is 3.73. The number of ether oxygens (including phenoxy) is 1. The summed E-state index contributed by atoms with van der Waals surface area (Å²) in [4.78, 5) is 1.77. The topological polar surface area (TPSA) is 32.7 Å². The molecule has 152 valence electrons. The van der Waals surface area contributed by atoms with Crippen molar-refractivity contribution in [3.05, 3.63) is 0 Å². The van der Waals surface area contributed by atoms with Gasteiger partial charge in [-0.2, -0.15) is 0 Å². The van der Waals surface area contributed by atoms with Crippen LogP contribution in [0.2, 0.25) is 0 Å². The van der Waals surface area contributed by atoms with E-state index in [1.807, 2.05) is 14.1 Å². The van der Waals surface area contributed by atoms with Crippen LogP contribution in [0.25, 0.3) is 0 Å². The second-order valence-electron chi connectivity index (χ2n) is 7.82. The van der Waals surface area contributed by atoms with Crippen LogP contribution in [0.15, 0.2) is 0 Å². The van der Waals surface area contributed by atoms with Crippen molar-refractivity contribution in [1.29, 1.82) is 0 Å². The van der Waals surface area contributed by atoms with E-state index >= 15 is 0 Å². The molecule has 0 saturated carbocycles. The van der Waals surface area contributed by atoms with E-state index in [1.165, 1.54) is 96.3 Å². The average Bonchev–Trinajstić information content (AvgIpc) is 2.60. The molecule has 0 aliphatic carbocycles. The lowest BCUT2D eigenvalue weighted by Gasteiger charge is -2.18. The molecule has 0 aromatic heterocycles. The molecule has 0 aliphatic heterocycles. The normalized spacial score (nSPS) is 12.8. The van der Waals surface area contributed by atoms with Gasteiger partial charge in [0.2, 0.25) is 0 Å². The van der Waals surface area contributed by atoms with E-state index in [4.69, 9.17) is 4.74 Å². The molecular weight excluding hydrogens is 310 g/mol. The maximum atomic E-state index is 9.56. The summed E-state index contributed by atoms with van der Waals surface area (Å²) in [5.41, 5.74) is 0. The summed E-state index contributed by atoms with van der Waals surface area (Å²) in [5.74, 6) is 0. The predicted octanol–water partition coefficient (Wildman–Crippen LogP) is 6.14. The van der Waals surface area contributed by atoms with Crippen LogP contribution in [0.4, 0.5) is 0 Å². The fourth-order valence-corrected chi connectivity index (χ4v) is 3.09. The molecule has 0 saturated heterocycles. The van der Waals surface area contributed by atoms with Crippen molar-refractivity contribution < 1.29 is 9.84 Å². The maximum Gasteiger partial charge on any atom is 0.130 e. The van der Waals surface area contributed by atoms with Crippen LogP contribution >= 0.6 is 0 Å². The minimum absolute atomic E-state index is 0.422. The van der Waals surface area contributed by atoms with Gasteiger partial charge in [0.1, 0.15) is 6.23 Å². The van der Waals surface area contributed by atoms with Crippen molar-refractivity contribution in [2.24, 2.45) is 0 Å². The Labute approximate surface area is 158 Å². The highest BCUT2D eigenvalue weighted by molar-refractivity contribution is 4.51. The molecular formula is C22H47NO2. The van der Waals surface area contributed by atoms with Gasteiger partial charge in [0.05, 0.1) is 6.61 Å². The number of likely N-dealkylation sites (N-methyl/N-ethyl adjacent to an activating group) is 1. The summed E-state index contributed by atoms with van der Waals surface area (Å²) in [6.07, 6.45) is 21.8. The SMILES string of the molecule is CCCCCCCCCCCCCCCCCCOCC(O)N(C)C.